The van der Waals surface area contributed by atoms with Gasteiger partial charge in [0.05, 0.1) is 6.20 Å². The van der Waals surface area contributed by atoms with Crippen LogP contribution in [0.4, 0.5) is 10.2 Å². The second kappa shape index (κ2) is 6.02. The summed E-state index contributed by atoms with van der Waals surface area (Å²) in [5.74, 6) is 0.409. The summed E-state index contributed by atoms with van der Waals surface area (Å²) in [6.45, 7) is 0. The van der Waals surface area contributed by atoms with Gasteiger partial charge in [-0.1, -0.05) is 18.2 Å². The molecule has 2 aromatic rings. The number of carbonyl (C=O) groups is 1. The molecule has 0 saturated heterocycles. The fraction of sp³-hybridized carbons (Fsp3) is 0.353. The summed E-state index contributed by atoms with van der Waals surface area (Å²) in [4.78, 5) is 19.8. The zero-order valence-corrected chi connectivity index (χ0v) is 13.5. The van der Waals surface area contributed by atoms with E-state index < -0.39 is 5.82 Å². The lowest BCUT2D eigenvalue weighted by atomic mass is 10.1. The normalized spacial score (nSPS) is 27.4. The molecule has 0 unspecified atom stereocenters. The minimum absolute atomic E-state index is 0.0122. The van der Waals surface area contributed by atoms with E-state index in [1.807, 2.05) is 18.2 Å². The van der Waals surface area contributed by atoms with Crippen LogP contribution in [0.2, 0.25) is 5.28 Å². The molecule has 1 aromatic carbocycles. The highest BCUT2D eigenvalue weighted by Crippen LogP contribution is 2.52. The highest BCUT2D eigenvalue weighted by molar-refractivity contribution is 6.28. The first-order valence-corrected chi connectivity index (χ1v) is 8.30. The fourth-order valence-corrected chi connectivity index (χ4v) is 3.71. The first-order valence-electron chi connectivity index (χ1n) is 7.92. The van der Waals surface area contributed by atoms with E-state index in [1.54, 1.807) is 12.1 Å². The van der Waals surface area contributed by atoms with Crippen LogP contribution in [0.1, 0.15) is 23.2 Å². The average molecular weight is 347 g/mol. The first-order chi connectivity index (χ1) is 11.6. The molecule has 5 nitrogen and oxygen atoms in total. The Labute approximate surface area is 143 Å². The monoisotopic (exact) mass is 346 g/mol. The maximum absolute atomic E-state index is 13.8. The second-order valence-corrected chi connectivity index (χ2v) is 6.67. The van der Waals surface area contributed by atoms with E-state index in [9.17, 15) is 9.18 Å². The Balaban J connectivity index is 1.41. The number of halogens is 2. The molecule has 4 rings (SSSR count). The summed E-state index contributed by atoms with van der Waals surface area (Å²) in [6, 6.07) is 9.33. The molecule has 2 aliphatic carbocycles. The van der Waals surface area contributed by atoms with E-state index >= 15 is 0 Å². The van der Waals surface area contributed by atoms with Crippen molar-refractivity contribution in [1.82, 2.24) is 15.3 Å². The summed E-state index contributed by atoms with van der Waals surface area (Å²) in [7, 11) is 0. The van der Waals surface area contributed by atoms with Gasteiger partial charge in [-0.05, 0) is 48.4 Å². The molecule has 2 fully saturated rings. The average Bonchev–Trinajstić information content (AvgIpc) is 3.32. The maximum Gasteiger partial charge on any atom is 0.251 e. The topological polar surface area (TPSA) is 66.9 Å². The summed E-state index contributed by atoms with van der Waals surface area (Å²) < 4.78 is 13.8. The Morgan fingerprint density at radius 1 is 1.17 bits per heavy atom. The Bertz CT molecular complexity index is 772. The maximum atomic E-state index is 13.8. The van der Waals surface area contributed by atoms with Crippen LogP contribution in [-0.4, -0.2) is 28.0 Å². The molecule has 0 aliphatic heterocycles. The standard InChI is InChI=1S/C17H16ClFN4O/c18-17-20-8-12(19)15(23-17)21-13-7-14(11-6-10(11)13)22-16(24)9-4-2-1-3-5-9/h1-5,8,10-11,13-14H,6-7H2,(H,22,24)(H,20,21,23)/t10-,11+,13+,14-/m0/s1. The van der Waals surface area contributed by atoms with Crippen LogP contribution in [-0.2, 0) is 0 Å². The second-order valence-electron chi connectivity index (χ2n) is 6.33. The van der Waals surface area contributed by atoms with Crippen LogP contribution >= 0.6 is 11.6 Å². The van der Waals surface area contributed by atoms with Crippen LogP contribution in [0.5, 0.6) is 0 Å². The molecule has 2 saturated carbocycles. The van der Waals surface area contributed by atoms with Gasteiger partial charge in [-0.15, -0.1) is 0 Å². The Hall–Kier alpha value is -2.21. The number of benzene rings is 1. The minimum atomic E-state index is -0.520. The SMILES string of the molecule is O=C(N[C@H]1C[C@@H](Nc2nc(Cl)ncc2F)[C@H]2C[C@H]21)c1ccccc1. The Kier molecular flexibility index (Phi) is 3.84. The molecule has 0 spiro atoms. The van der Waals surface area contributed by atoms with Gasteiger partial charge in [0.25, 0.3) is 5.91 Å². The zero-order chi connectivity index (χ0) is 16.7. The van der Waals surface area contributed by atoms with Gasteiger partial charge >= 0.3 is 0 Å². The van der Waals surface area contributed by atoms with Crippen LogP contribution in [0.25, 0.3) is 0 Å². The van der Waals surface area contributed by atoms with Crippen molar-refractivity contribution in [3.05, 3.63) is 53.2 Å². The Morgan fingerprint density at radius 2 is 1.92 bits per heavy atom. The molecule has 1 amide bonds. The highest BCUT2D eigenvalue weighted by atomic mass is 35.5. The zero-order valence-electron chi connectivity index (χ0n) is 12.7. The lowest BCUT2D eigenvalue weighted by Crippen LogP contribution is -2.36. The molecule has 0 bridgehead atoms. The van der Waals surface area contributed by atoms with Crippen molar-refractivity contribution >= 4 is 23.3 Å². The van der Waals surface area contributed by atoms with Crippen molar-refractivity contribution < 1.29 is 9.18 Å². The third-order valence-electron chi connectivity index (χ3n) is 4.82. The molecule has 1 heterocycles. The summed E-state index contributed by atoms with van der Waals surface area (Å²) >= 11 is 5.73. The molecule has 2 N–H and O–H groups in total. The van der Waals surface area contributed by atoms with Crippen molar-refractivity contribution in [2.45, 2.75) is 24.9 Å². The van der Waals surface area contributed by atoms with Crippen molar-refractivity contribution in [3.63, 3.8) is 0 Å². The predicted octanol–water partition coefficient (Wildman–Crippen LogP) is 2.89. The number of nitrogens with one attached hydrogen (secondary N) is 2. The van der Waals surface area contributed by atoms with Gasteiger partial charge in [0, 0.05) is 17.6 Å². The number of hydrogen-bond acceptors (Lipinski definition) is 4. The molecule has 7 heteroatoms. The molecule has 4 atom stereocenters. The number of hydrogen-bond donors (Lipinski definition) is 2. The van der Waals surface area contributed by atoms with E-state index in [1.165, 1.54) is 0 Å². The van der Waals surface area contributed by atoms with Crippen molar-refractivity contribution in [2.75, 3.05) is 5.32 Å². The van der Waals surface area contributed by atoms with E-state index in [0.717, 1.165) is 19.0 Å². The molecular weight excluding hydrogens is 331 g/mol. The van der Waals surface area contributed by atoms with Gasteiger partial charge in [-0.2, -0.15) is 4.98 Å². The van der Waals surface area contributed by atoms with Crippen molar-refractivity contribution in [2.24, 2.45) is 11.8 Å². The van der Waals surface area contributed by atoms with E-state index in [2.05, 4.69) is 20.6 Å². The van der Waals surface area contributed by atoms with E-state index in [-0.39, 0.29) is 29.1 Å². The third kappa shape index (κ3) is 2.94. The van der Waals surface area contributed by atoms with Crippen LogP contribution in [0.15, 0.2) is 36.5 Å². The van der Waals surface area contributed by atoms with Crippen LogP contribution in [0, 0.1) is 17.7 Å². The van der Waals surface area contributed by atoms with Crippen LogP contribution in [0.3, 0.4) is 0 Å². The number of nitrogens with zero attached hydrogens (tertiary/aromatic N) is 2. The number of fused-ring (bicyclic) bond motifs is 1. The summed E-state index contributed by atoms with van der Waals surface area (Å²) in [6.07, 6.45) is 2.83. The number of rotatable bonds is 4. The largest absolute Gasteiger partial charge is 0.364 e. The molecule has 0 radical (unpaired) electrons. The number of anilines is 1. The van der Waals surface area contributed by atoms with Gasteiger partial charge in [-0.25, -0.2) is 9.37 Å². The number of amides is 1. The van der Waals surface area contributed by atoms with Crippen molar-refractivity contribution in [1.29, 1.82) is 0 Å². The number of aromatic nitrogens is 2. The molecule has 24 heavy (non-hydrogen) atoms. The summed E-state index contributed by atoms with van der Waals surface area (Å²) in [5.41, 5.74) is 0.653. The van der Waals surface area contributed by atoms with Crippen molar-refractivity contribution in [3.8, 4) is 0 Å². The first kappa shape index (κ1) is 15.3. The van der Waals surface area contributed by atoms with Gasteiger partial charge in [0.1, 0.15) is 0 Å². The third-order valence-corrected chi connectivity index (χ3v) is 5.00. The lowest BCUT2D eigenvalue weighted by Gasteiger charge is -2.19. The minimum Gasteiger partial charge on any atom is -0.364 e. The molecule has 124 valence electrons. The summed E-state index contributed by atoms with van der Waals surface area (Å²) in [5, 5.41) is 6.23. The predicted molar refractivity (Wildman–Crippen MR) is 88.3 cm³/mol. The number of carbonyl (C=O) groups excluding carboxylic acids is 1. The fourth-order valence-electron chi connectivity index (χ4n) is 3.58. The van der Waals surface area contributed by atoms with Gasteiger partial charge in [0.15, 0.2) is 11.6 Å². The quantitative estimate of drug-likeness (QED) is 0.835. The molecule has 1 aromatic heterocycles. The van der Waals surface area contributed by atoms with E-state index in [4.69, 9.17) is 11.6 Å². The van der Waals surface area contributed by atoms with Crippen LogP contribution < -0.4 is 10.6 Å². The van der Waals surface area contributed by atoms with Gasteiger partial charge in [0.2, 0.25) is 5.28 Å². The lowest BCUT2D eigenvalue weighted by molar-refractivity contribution is 0.0933. The van der Waals surface area contributed by atoms with Gasteiger partial charge < -0.3 is 10.6 Å². The molecular formula is C17H16ClFN4O. The Morgan fingerprint density at radius 3 is 2.71 bits per heavy atom. The van der Waals surface area contributed by atoms with E-state index in [0.29, 0.717) is 17.4 Å². The van der Waals surface area contributed by atoms with Gasteiger partial charge in [-0.3, -0.25) is 4.79 Å². The highest BCUT2D eigenvalue weighted by Gasteiger charge is 2.55. The smallest absolute Gasteiger partial charge is 0.251 e. The molecule has 2 aliphatic rings.